The van der Waals surface area contributed by atoms with E-state index in [-0.39, 0.29) is 18.4 Å². The number of nitrogens with zero attached hydrogens (tertiary/aromatic N) is 3. The first-order valence-corrected chi connectivity index (χ1v) is 6.07. The highest BCUT2D eigenvalue weighted by Crippen LogP contribution is 2.30. The van der Waals surface area contributed by atoms with Crippen LogP contribution in [0.4, 0.5) is 11.6 Å². The van der Waals surface area contributed by atoms with E-state index in [4.69, 9.17) is 5.73 Å². The van der Waals surface area contributed by atoms with E-state index in [0.717, 1.165) is 17.2 Å². The van der Waals surface area contributed by atoms with E-state index < -0.39 is 0 Å². The maximum atomic E-state index is 11.1. The molecular weight excluding hydrogens is 230 g/mol. The third kappa shape index (κ3) is 3.09. The monoisotopic (exact) mass is 251 g/mol. The molecule has 0 saturated carbocycles. The smallest absolute Gasteiger partial charge is 0.236 e. The highest BCUT2D eigenvalue weighted by molar-refractivity contribution is 5.80. The molecule has 0 bridgehead atoms. The molecule has 6 nitrogen and oxygen atoms in total. The number of anilines is 2. The highest BCUT2D eigenvalue weighted by Gasteiger charge is 2.19. The summed E-state index contributed by atoms with van der Waals surface area (Å²) in [4.78, 5) is 21.5. The second-order valence-electron chi connectivity index (χ2n) is 4.34. The summed E-state index contributed by atoms with van der Waals surface area (Å²) in [7, 11) is 1.82. The first-order chi connectivity index (χ1) is 8.51. The van der Waals surface area contributed by atoms with Gasteiger partial charge in [-0.05, 0) is 12.8 Å². The predicted octanol–water partition coefficient (Wildman–Crippen LogP) is 0.953. The molecule has 1 heterocycles. The maximum Gasteiger partial charge on any atom is 0.236 e. The van der Waals surface area contributed by atoms with Crippen molar-refractivity contribution in [1.29, 1.82) is 0 Å². The molecule has 6 heteroatoms. The van der Waals surface area contributed by atoms with E-state index in [0.29, 0.717) is 6.54 Å². The number of nitrogens with two attached hydrogens (primary N) is 1. The topological polar surface area (TPSA) is 84.1 Å². The van der Waals surface area contributed by atoms with Crippen LogP contribution in [0.15, 0.2) is 6.33 Å². The van der Waals surface area contributed by atoms with Gasteiger partial charge in [-0.1, -0.05) is 13.8 Å². The maximum absolute atomic E-state index is 11.1. The van der Waals surface area contributed by atoms with Gasteiger partial charge < -0.3 is 16.0 Å². The van der Waals surface area contributed by atoms with E-state index in [1.165, 1.54) is 6.33 Å². The number of aromatic nitrogens is 2. The molecule has 0 aromatic carbocycles. The fourth-order valence-electron chi connectivity index (χ4n) is 1.89. The normalized spacial score (nSPS) is 10.5. The van der Waals surface area contributed by atoms with E-state index >= 15 is 0 Å². The molecule has 0 atom stereocenters. The number of likely N-dealkylation sites (N-methyl/N-ethyl adjacent to an activating group) is 1. The fourth-order valence-corrected chi connectivity index (χ4v) is 1.89. The summed E-state index contributed by atoms with van der Waals surface area (Å²) in [6.45, 7) is 6.94. The minimum Gasteiger partial charge on any atom is -0.373 e. The molecule has 1 rings (SSSR count). The van der Waals surface area contributed by atoms with Crippen molar-refractivity contribution >= 4 is 17.5 Å². The van der Waals surface area contributed by atoms with Crippen molar-refractivity contribution in [2.24, 2.45) is 5.73 Å². The zero-order chi connectivity index (χ0) is 13.7. The van der Waals surface area contributed by atoms with Crippen LogP contribution >= 0.6 is 0 Å². The Balaban J connectivity index is 3.24. The second kappa shape index (κ2) is 6.18. The Bertz CT molecular complexity index is 419. The average molecular weight is 251 g/mol. The van der Waals surface area contributed by atoms with Gasteiger partial charge in [0.25, 0.3) is 0 Å². The zero-order valence-electron chi connectivity index (χ0n) is 11.4. The van der Waals surface area contributed by atoms with Crippen LogP contribution < -0.4 is 16.0 Å². The number of nitrogens with one attached hydrogen (secondary N) is 1. The van der Waals surface area contributed by atoms with Gasteiger partial charge in [0.15, 0.2) is 0 Å². The Kier molecular flexibility index (Phi) is 4.88. The Morgan fingerprint density at radius 2 is 2.17 bits per heavy atom. The molecule has 1 aromatic heterocycles. The van der Waals surface area contributed by atoms with Gasteiger partial charge in [0.2, 0.25) is 5.91 Å². The molecule has 0 aliphatic carbocycles. The van der Waals surface area contributed by atoms with Crippen LogP contribution in [0.25, 0.3) is 0 Å². The Morgan fingerprint density at radius 3 is 2.61 bits per heavy atom. The summed E-state index contributed by atoms with van der Waals surface area (Å²) in [6, 6.07) is 0. The van der Waals surface area contributed by atoms with E-state index in [1.54, 1.807) is 0 Å². The lowest BCUT2D eigenvalue weighted by Gasteiger charge is -2.25. The largest absolute Gasteiger partial charge is 0.373 e. The number of rotatable bonds is 6. The van der Waals surface area contributed by atoms with E-state index in [1.807, 2.05) is 18.9 Å². The molecule has 100 valence electrons. The van der Waals surface area contributed by atoms with Crippen LogP contribution in [0.5, 0.6) is 0 Å². The molecule has 0 unspecified atom stereocenters. The van der Waals surface area contributed by atoms with Crippen LogP contribution in [-0.4, -0.2) is 36.0 Å². The van der Waals surface area contributed by atoms with Gasteiger partial charge in [0.1, 0.15) is 18.0 Å². The summed E-state index contributed by atoms with van der Waals surface area (Å²) in [5, 5.41) is 3.06. The van der Waals surface area contributed by atoms with Crippen LogP contribution in [-0.2, 0) is 4.79 Å². The molecule has 0 aliphatic heterocycles. The quantitative estimate of drug-likeness (QED) is 0.786. The summed E-state index contributed by atoms with van der Waals surface area (Å²) < 4.78 is 0. The van der Waals surface area contributed by atoms with Gasteiger partial charge in [-0.3, -0.25) is 4.79 Å². The zero-order valence-corrected chi connectivity index (χ0v) is 11.4. The third-order valence-electron chi connectivity index (χ3n) is 2.70. The summed E-state index contributed by atoms with van der Waals surface area (Å²) in [5.74, 6) is 1.45. The molecule has 1 amide bonds. The number of amides is 1. The second-order valence-corrected chi connectivity index (χ2v) is 4.34. The van der Waals surface area contributed by atoms with Crippen molar-refractivity contribution in [3.8, 4) is 0 Å². The first kappa shape index (κ1) is 14.2. The Morgan fingerprint density at radius 1 is 1.50 bits per heavy atom. The molecule has 0 spiro atoms. The lowest BCUT2D eigenvalue weighted by Crippen LogP contribution is -2.35. The fraction of sp³-hybridized carbons (Fsp3) is 0.583. The van der Waals surface area contributed by atoms with Crippen molar-refractivity contribution in [3.05, 3.63) is 11.9 Å². The third-order valence-corrected chi connectivity index (χ3v) is 2.70. The van der Waals surface area contributed by atoms with Crippen LogP contribution in [0, 0.1) is 0 Å². The number of carbonyl (C=O) groups is 1. The Labute approximate surface area is 108 Å². The molecular formula is C12H21N5O. The minimum absolute atomic E-state index is 0.163. The molecule has 0 saturated heterocycles. The predicted molar refractivity (Wildman–Crippen MR) is 72.7 cm³/mol. The first-order valence-electron chi connectivity index (χ1n) is 6.07. The van der Waals surface area contributed by atoms with Crippen molar-refractivity contribution < 1.29 is 4.79 Å². The molecule has 3 N–H and O–H groups in total. The number of primary amides is 1. The van der Waals surface area contributed by atoms with Crippen molar-refractivity contribution in [2.75, 3.05) is 30.4 Å². The minimum atomic E-state index is -0.365. The van der Waals surface area contributed by atoms with Crippen molar-refractivity contribution in [2.45, 2.75) is 26.7 Å². The van der Waals surface area contributed by atoms with Gasteiger partial charge in [0, 0.05) is 19.2 Å². The highest BCUT2D eigenvalue weighted by atomic mass is 16.1. The van der Waals surface area contributed by atoms with Crippen molar-refractivity contribution in [3.63, 3.8) is 0 Å². The molecule has 0 radical (unpaired) electrons. The summed E-state index contributed by atoms with van der Waals surface area (Å²) >= 11 is 0. The van der Waals surface area contributed by atoms with Crippen LogP contribution in [0.2, 0.25) is 0 Å². The molecule has 0 aliphatic rings. The van der Waals surface area contributed by atoms with Crippen molar-refractivity contribution in [1.82, 2.24) is 9.97 Å². The SMILES string of the molecule is CCN(CC(N)=O)c1ncnc(NC)c1C(C)C. The summed E-state index contributed by atoms with van der Waals surface area (Å²) in [5.41, 5.74) is 6.27. The van der Waals surface area contributed by atoms with Crippen LogP contribution in [0.3, 0.4) is 0 Å². The average Bonchev–Trinajstić information content (AvgIpc) is 2.34. The van der Waals surface area contributed by atoms with Gasteiger partial charge in [0.05, 0.1) is 6.54 Å². The number of hydrogen-bond donors (Lipinski definition) is 2. The van der Waals surface area contributed by atoms with Gasteiger partial charge in [-0.25, -0.2) is 9.97 Å². The van der Waals surface area contributed by atoms with E-state index in [2.05, 4.69) is 29.1 Å². The Hall–Kier alpha value is -1.85. The standard InChI is InChI=1S/C12H21N5O/c1-5-17(6-9(13)18)12-10(8(2)3)11(14-4)15-7-16-12/h7-8H,5-6H2,1-4H3,(H2,13,18)(H,14,15,16). The summed E-state index contributed by atoms with van der Waals surface area (Å²) in [6.07, 6.45) is 1.50. The number of carbonyl (C=O) groups excluding carboxylic acids is 1. The van der Waals surface area contributed by atoms with Gasteiger partial charge in [-0.15, -0.1) is 0 Å². The molecule has 18 heavy (non-hydrogen) atoms. The molecule has 1 aromatic rings. The lowest BCUT2D eigenvalue weighted by molar-refractivity contribution is -0.116. The van der Waals surface area contributed by atoms with E-state index in [9.17, 15) is 4.79 Å². The lowest BCUT2D eigenvalue weighted by atomic mass is 10.0. The van der Waals surface area contributed by atoms with Gasteiger partial charge >= 0.3 is 0 Å². The van der Waals surface area contributed by atoms with Gasteiger partial charge in [-0.2, -0.15) is 0 Å². The number of hydrogen-bond acceptors (Lipinski definition) is 5. The van der Waals surface area contributed by atoms with Crippen LogP contribution in [0.1, 0.15) is 32.3 Å². The molecule has 0 fully saturated rings.